The van der Waals surface area contributed by atoms with E-state index in [0.29, 0.717) is 6.04 Å². The molecule has 1 atom stereocenters. The van der Waals surface area contributed by atoms with Crippen LogP contribution >= 0.6 is 0 Å². The number of hydrogen-bond acceptors (Lipinski definition) is 2. The smallest absolute Gasteiger partial charge is 0.314 e. The largest absolute Gasteiger partial charge is 0.325 e. The van der Waals surface area contributed by atoms with Crippen molar-refractivity contribution in [3.63, 3.8) is 0 Å². The molecule has 0 amide bonds. The van der Waals surface area contributed by atoms with Crippen molar-refractivity contribution in [1.82, 2.24) is 14.9 Å². The Bertz CT molecular complexity index is 322. The molecule has 2 N–H and O–H groups in total. The van der Waals surface area contributed by atoms with Crippen LogP contribution < -0.4 is 11.0 Å². The van der Waals surface area contributed by atoms with Crippen LogP contribution in [0.1, 0.15) is 25.7 Å². The summed E-state index contributed by atoms with van der Waals surface area (Å²) in [6, 6.07) is 0.602. The van der Waals surface area contributed by atoms with Gasteiger partial charge in [-0.15, -0.1) is 0 Å². The first kappa shape index (κ1) is 9.52. The van der Waals surface area contributed by atoms with Crippen molar-refractivity contribution in [2.24, 2.45) is 0 Å². The van der Waals surface area contributed by atoms with Gasteiger partial charge in [-0.25, -0.2) is 4.79 Å². The van der Waals surface area contributed by atoms with E-state index in [4.69, 9.17) is 0 Å². The molecular formula is C10H17N3O. The molecule has 78 valence electrons. The van der Waals surface area contributed by atoms with Gasteiger partial charge in [0, 0.05) is 25.0 Å². The van der Waals surface area contributed by atoms with Gasteiger partial charge in [-0.1, -0.05) is 6.42 Å². The average molecular weight is 195 g/mol. The molecule has 1 aliphatic rings. The van der Waals surface area contributed by atoms with Gasteiger partial charge in [-0.05, 0) is 25.8 Å². The maximum absolute atomic E-state index is 11.2. The summed E-state index contributed by atoms with van der Waals surface area (Å²) in [6.45, 7) is 1.95. The van der Waals surface area contributed by atoms with Crippen LogP contribution in [0, 0.1) is 0 Å². The summed E-state index contributed by atoms with van der Waals surface area (Å²) < 4.78 is 1.73. The van der Waals surface area contributed by atoms with Crippen molar-refractivity contribution < 1.29 is 0 Å². The van der Waals surface area contributed by atoms with E-state index in [1.807, 2.05) is 6.20 Å². The second-order valence-electron chi connectivity index (χ2n) is 3.89. The molecule has 1 aromatic rings. The Balaban J connectivity index is 1.82. The van der Waals surface area contributed by atoms with Crippen molar-refractivity contribution in [3.8, 4) is 0 Å². The topological polar surface area (TPSA) is 49.8 Å². The molecule has 4 heteroatoms. The van der Waals surface area contributed by atoms with Crippen LogP contribution in [0.15, 0.2) is 17.2 Å². The number of aromatic amines is 1. The normalized spacial score (nSPS) is 22.4. The Morgan fingerprint density at radius 3 is 3.07 bits per heavy atom. The molecule has 2 heterocycles. The van der Waals surface area contributed by atoms with E-state index in [-0.39, 0.29) is 5.69 Å². The van der Waals surface area contributed by atoms with Crippen molar-refractivity contribution in [1.29, 1.82) is 0 Å². The highest BCUT2D eigenvalue weighted by molar-refractivity contribution is 4.78. The maximum atomic E-state index is 11.2. The number of nitrogens with one attached hydrogen (secondary N) is 2. The second-order valence-corrected chi connectivity index (χ2v) is 3.89. The van der Waals surface area contributed by atoms with Gasteiger partial charge in [-0.3, -0.25) is 4.57 Å². The Morgan fingerprint density at radius 2 is 2.43 bits per heavy atom. The molecule has 0 saturated carbocycles. The van der Waals surface area contributed by atoms with Gasteiger partial charge in [0.15, 0.2) is 0 Å². The van der Waals surface area contributed by atoms with E-state index >= 15 is 0 Å². The maximum Gasteiger partial charge on any atom is 0.325 e. The van der Waals surface area contributed by atoms with Crippen molar-refractivity contribution in [2.45, 2.75) is 38.3 Å². The van der Waals surface area contributed by atoms with E-state index in [1.165, 1.54) is 19.3 Å². The van der Waals surface area contributed by atoms with Crippen molar-refractivity contribution in [2.75, 3.05) is 6.54 Å². The molecule has 4 nitrogen and oxygen atoms in total. The first-order valence-electron chi connectivity index (χ1n) is 5.33. The van der Waals surface area contributed by atoms with Crippen LogP contribution in [0.5, 0.6) is 0 Å². The molecule has 14 heavy (non-hydrogen) atoms. The number of H-pyrrole nitrogens is 1. The number of piperidine rings is 1. The number of rotatable bonds is 3. The summed E-state index contributed by atoms with van der Waals surface area (Å²) in [7, 11) is 0. The van der Waals surface area contributed by atoms with Gasteiger partial charge in [0.1, 0.15) is 0 Å². The number of imidazole rings is 1. The lowest BCUT2D eigenvalue weighted by atomic mass is 10.0. The van der Waals surface area contributed by atoms with Crippen LogP contribution in [0.3, 0.4) is 0 Å². The molecule has 0 aliphatic carbocycles. The quantitative estimate of drug-likeness (QED) is 0.746. The molecule has 0 bridgehead atoms. The lowest BCUT2D eigenvalue weighted by Crippen LogP contribution is -2.35. The third kappa shape index (κ3) is 2.26. The first-order valence-corrected chi connectivity index (χ1v) is 5.33. The Hall–Kier alpha value is -1.03. The summed E-state index contributed by atoms with van der Waals surface area (Å²) in [4.78, 5) is 13.8. The lowest BCUT2D eigenvalue weighted by Gasteiger charge is -2.23. The molecule has 1 aromatic heterocycles. The minimum atomic E-state index is 0.000749. The first-order chi connectivity index (χ1) is 6.86. The van der Waals surface area contributed by atoms with Crippen LogP contribution in [-0.4, -0.2) is 22.1 Å². The molecule has 0 spiro atoms. The third-order valence-electron chi connectivity index (χ3n) is 2.85. The van der Waals surface area contributed by atoms with Gasteiger partial charge >= 0.3 is 5.69 Å². The predicted molar refractivity (Wildman–Crippen MR) is 55.3 cm³/mol. The van der Waals surface area contributed by atoms with Gasteiger partial charge in [0.25, 0.3) is 0 Å². The van der Waals surface area contributed by atoms with E-state index in [0.717, 1.165) is 19.5 Å². The Kier molecular flexibility index (Phi) is 3.03. The molecule has 1 aliphatic heterocycles. The molecule has 0 radical (unpaired) electrons. The Labute approximate surface area is 83.3 Å². The van der Waals surface area contributed by atoms with Gasteiger partial charge < -0.3 is 10.3 Å². The highest BCUT2D eigenvalue weighted by Gasteiger charge is 2.12. The molecule has 0 aromatic carbocycles. The van der Waals surface area contributed by atoms with E-state index in [2.05, 4.69) is 10.3 Å². The highest BCUT2D eigenvalue weighted by Crippen LogP contribution is 2.10. The minimum Gasteiger partial charge on any atom is -0.314 e. The standard InChI is InChI=1S/C10H17N3O/c14-10-12-6-8-13(10)7-4-9-3-1-2-5-11-9/h6,8-9,11H,1-5,7H2,(H,12,14). The molecule has 2 rings (SSSR count). The lowest BCUT2D eigenvalue weighted by molar-refractivity contribution is 0.365. The van der Waals surface area contributed by atoms with Gasteiger partial charge in [0.05, 0.1) is 0 Å². The predicted octanol–water partition coefficient (Wildman–Crippen LogP) is 0.709. The second kappa shape index (κ2) is 4.46. The van der Waals surface area contributed by atoms with Crippen LogP contribution in [0.2, 0.25) is 0 Å². The number of aromatic nitrogens is 2. The number of hydrogen-bond donors (Lipinski definition) is 2. The van der Waals surface area contributed by atoms with E-state index in [1.54, 1.807) is 10.8 Å². The molecular weight excluding hydrogens is 178 g/mol. The van der Waals surface area contributed by atoms with Crippen molar-refractivity contribution >= 4 is 0 Å². The summed E-state index contributed by atoms with van der Waals surface area (Å²) >= 11 is 0. The molecule has 1 saturated heterocycles. The van der Waals surface area contributed by atoms with E-state index in [9.17, 15) is 4.79 Å². The summed E-state index contributed by atoms with van der Waals surface area (Å²) in [5.41, 5.74) is 0.000749. The third-order valence-corrected chi connectivity index (χ3v) is 2.85. The highest BCUT2D eigenvalue weighted by atomic mass is 16.1. The average Bonchev–Trinajstić information content (AvgIpc) is 2.63. The molecule has 1 fully saturated rings. The number of nitrogens with zero attached hydrogens (tertiary/aromatic N) is 1. The zero-order chi connectivity index (χ0) is 9.80. The van der Waals surface area contributed by atoms with Gasteiger partial charge in [-0.2, -0.15) is 0 Å². The fraction of sp³-hybridized carbons (Fsp3) is 0.700. The summed E-state index contributed by atoms with van der Waals surface area (Å²) in [5, 5.41) is 3.48. The van der Waals surface area contributed by atoms with Crippen molar-refractivity contribution in [3.05, 3.63) is 22.9 Å². The Morgan fingerprint density at radius 1 is 1.50 bits per heavy atom. The molecule has 1 unspecified atom stereocenters. The zero-order valence-electron chi connectivity index (χ0n) is 8.33. The fourth-order valence-corrected chi connectivity index (χ4v) is 1.99. The zero-order valence-corrected chi connectivity index (χ0v) is 8.33. The monoisotopic (exact) mass is 195 g/mol. The van der Waals surface area contributed by atoms with Crippen LogP contribution in [-0.2, 0) is 6.54 Å². The minimum absolute atomic E-state index is 0.000749. The number of aryl methyl sites for hydroxylation is 1. The van der Waals surface area contributed by atoms with Crippen LogP contribution in [0.4, 0.5) is 0 Å². The van der Waals surface area contributed by atoms with Crippen LogP contribution in [0.25, 0.3) is 0 Å². The SMILES string of the molecule is O=c1[nH]ccn1CCC1CCCCN1. The summed E-state index contributed by atoms with van der Waals surface area (Å²) in [6.07, 6.45) is 8.42. The fourth-order valence-electron chi connectivity index (χ4n) is 1.99. The van der Waals surface area contributed by atoms with E-state index < -0.39 is 0 Å². The summed E-state index contributed by atoms with van der Waals surface area (Å²) in [5.74, 6) is 0. The van der Waals surface area contributed by atoms with Gasteiger partial charge in [0.2, 0.25) is 0 Å².